The third kappa shape index (κ3) is 2.00. The molecule has 0 aromatic rings. The van der Waals surface area contributed by atoms with Gasteiger partial charge in [0.25, 0.3) is 0 Å². The van der Waals surface area contributed by atoms with Gasteiger partial charge in [0.15, 0.2) is 0 Å². The van der Waals surface area contributed by atoms with Crippen LogP contribution in [0.25, 0.3) is 0 Å². The zero-order valence-corrected chi connectivity index (χ0v) is 8.49. The van der Waals surface area contributed by atoms with Crippen LogP contribution in [0.1, 0.15) is 26.2 Å². The Morgan fingerprint density at radius 1 is 1.57 bits per heavy atom. The minimum Gasteiger partial charge on any atom is -0.450 e. The number of nitrogens with one attached hydrogen (secondary N) is 1. The molecular formula is C10H17NO3. The Bertz CT molecular complexity index is 207. The molecule has 0 aromatic carbocycles. The lowest BCUT2D eigenvalue weighted by Gasteiger charge is -2.12. The summed E-state index contributed by atoms with van der Waals surface area (Å²) in [6.45, 7) is 3.13. The summed E-state index contributed by atoms with van der Waals surface area (Å²) in [4.78, 5) is 11.1. The minimum absolute atomic E-state index is 0.254. The molecule has 1 saturated carbocycles. The second-order valence-electron chi connectivity index (χ2n) is 3.99. The van der Waals surface area contributed by atoms with Crippen molar-refractivity contribution in [2.75, 3.05) is 13.2 Å². The van der Waals surface area contributed by atoms with E-state index in [0.717, 1.165) is 25.9 Å². The number of hydrogen-bond acceptors (Lipinski definition) is 3. The van der Waals surface area contributed by atoms with Crippen molar-refractivity contribution in [2.24, 2.45) is 5.92 Å². The molecule has 3 unspecified atom stereocenters. The third-order valence-electron chi connectivity index (χ3n) is 3.05. The number of alkyl carbamates (subject to hydrolysis) is 1. The van der Waals surface area contributed by atoms with Gasteiger partial charge in [-0.3, -0.25) is 0 Å². The molecule has 1 N–H and O–H groups in total. The summed E-state index contributed by atoms with van der Waals surface area (Å²) >= 11 is 0. The Morgan fingerprint density at radius 3 is 3.14 bits per heavy atom. The Hall–Kier alpha value is -0.770. The maximum absolute atomic E-state index is 11.1. The lowest BCUT2D eigenvalue weighted by molar-refractivity contribution is 0.0990. The van der Waals surface area contributed by atoms with Crippen molar-refractivity contribution >= 4 is 6.09 Å². The molecule has 3 atom stereocenters. The van der Waals surface area contributed by atoms with E-state index in [0.29, 0.717) is 18.6 Å². The third-order valence-corrected chi connectivity index (χ3v) is 3.05. The number of amides is 1. The Balaban J connectivity index is 1.76. The fraction of sp³-hybridized carbons (Fsp3) is 0.900. The van der Waals surface area contributed by atoms with Crippen molar-refractivity contribution in [1.82, 2.24) is 5.32 Å². The highest BCUT2D eigenvalue weighted by atomic mass is 16.5. The van der Waals surface area contributed by atoms with Gasteiger partial charge in [-0.15, -0.1) is 0 Å². The zero-order valence-electron chi connectivity index (χ0n) is 8.49. The van der Waals surface area contributed by atoms with E-state index in [4.69, 9.17) is 9.47 Å². The number of carbonyl (C=O) groups is 1. The molecule has 4 nitrogen and oxygen atoms in total. The van der Waals surface area contributed by atoms with E-state index in [2.05, 4.69) is 5.32 Å². The van der Waals surface area contributed by atoms with Crippen LogP contribution < -0.4 is 5.32 Å². The lowest BCUT2D eigenvalue weighted by atomic mass is 10.1. The van der Waals surface area contributed by atoms with E-state index in [1.165, 1.54) is 0 Å². The molecule has 1 amide bonds. The first-order chi connectivity index (χ1) is 6.79. The van der Waals surface area contributed by atoms with Crippen LogP contribution in [0.4, 0.5) is 4.79 Å². The monoisotopic (exact) mass is 199 g/mol. The van der Waals surface area contributed by atoms with Crippen LogP contribution in [-0.2, 0) is 9.47 Å². The van der Waals surface area contributed by atoms with Crippen LogP contribution in [0.3, 0.4) is 0 Å². The molecule has 1 saturated heterocycles. The molecule has 80 valence electrons. The summed E-state index contributed by atoms with van der Waals surface area (Å²) in [5, 5.41) is 2.87. The quantitative estimate of drug-likeness (QED) is 0.729. The van der Waals surface area contributed by atoms with Crippen molar-refractivity contribution in [3.63, 3.8) is 0 Å². The maximum atomic E-state index is 11.1. The Kier molecular flexibility index (Phi) is 2.91. The van der Waals surface area contributed by atoms with Gasteiger partial charge in [-0.25, -0.2) is 4.79 Å². The average molecular weight is 199 g/mol. The van der Waals surface area contributed by atoms with Gasteiger partial charge in [0.1, 0.15) is 0 Å². The standard InChI is InChI=1S/C10H17NO3/c1-2-13-10(12)11-8-5-7-3-4-14-9(7)6-8/h7-9H,2-6H2,1H3,(H,11,12). The predicted molar refractivity (Wildman–Crippen MR) is 51.0 cm³/mol. The van der Waals surface area contributed by atoms with Crippen LogP contribution >= 0.6 is 0 Å². The fourth-order valence-electron chi connectivity index (χ4n) is 2.42. The van der Waals surface area contributed by atoms with Gasteiger partial charge in [0, 0.05) is 12.6 Å². The Labute approximate surface area is 84.0 Å². The number of hydrogen-bond donors (Lipinski definition) is 1. The second kappa shape index (κ2) is 4.17. The molecule has 2 fully saturated rings. The fourth-order valence-corrected chi connectivity index (χ4v) is 2.42. The highest BCUT2D eigenvalue weighted by Gasteiger charge is 2.38. The molecule has 2 rings (SSSR count). The van der Waals surface area contributed by atoms with E-state index >= 15 is 0 Å². The number of ether oxygens (including phenoxy) is 2. The first-order valence-electron chi connectivity index (χ1n) is 5.34. The van der Waals surface area contributed by atoms with E-state index in [1.807, 2.05) is 6.92 Å². The zero-order chi connectivity index (χ0) is 9.97. The van der Waals surface area contributed by atoms with Crippen molar-refractivity contribution in [3.05, 3.63) is 0 Å². The summed E-state index contributed by atoms with van der Waals surface area (Å²) in [5.41, 5.74) is 0. The molecule has 14 heavy (non-hydrogen) atoms. The van der Waals surface area contributed by atoms with Crippen molar-refractivity contribution in [1.29, 1.82) is 0 Å². The van der Waals surface area contributed by atoms with Crippen molar-refractivity contribution in [2.45, 2.75) is 38.3 Å². The van der Waals surface area contributed by atoms with Gasteiger partial charge in [0.05, 0.1) is 12.7 Å². The number of fused-ring (bicyclic) bond motifs is 1. The second-order valence-corrected chi connectivity index (χ2v) is 3.99. The number of rotatable bonds is 2. The van der Waals surface area contributed by atoms with Gasteiger partial charge < -0.3 is 14.8 Å². The van der Waals surface area contributed by atoms with Gasteiger partial charge in [0.2, 0.25) is 0 Å². The molecule has 0 bridgehead atoms. The van der Waals surface area contributed by atoms with Crippen LogP contribution in [-0.4, -0.2) is 31.5 Å². The molecule has 1 aliphatic heterocycles. The normalized spacial score (nSPS) is 35.4. The van der Waals surface area contributed by atoms with E-state index in [-0.39, 0.29) is 12.1 Å². The van der Waals surface area contributed by atoms with Crippen LogP contribution in [0, 0.1) is 5.92 Å². The molecule has 1 heterocycles. The smallest absolute Gasteiger partial charge is 0.407 e. The molecule has 2 aliphatic rings. The predicted octanol–water partition coefficient (Wildman–Crippen LogP) is 1.30. The summed E-state index contributed by atoms with van der Waals surface area (Å²) < 4.78 is 10.4. The summed E-state index contributed by atoms with van der Waals surface area (Å²) in [7, 11) is 0. The van der Waals surface area contributed by atoms with Gasteiger partial charge in [-0.2, -0.15) is 0 Å². The van der Waals surface area contributed by atoms with E-state index in [1.54, 1.807) is 0 Å². The van der Waals surface area contributed by atoms with Gasteiger partial charge in [-0.05, 0) is 32.1 Å². The maximum Gasteiger partial charge on any atom is 0.407 e. The van der Waals surface area contributed by atoms with E-state index in [9.17, 15) is 4.79 Å². The Morgan fingerprint density at radius 2 is 2.43 bits per heavy atom. The molecule has 0 spiro atoms. The molecule has 0 aromatic heterocycles. The van der Waals surface area contributed by atoms with Crippen molar-refractivity contribution < 1.29 is 14.3 Å². The van der Waals surface area contributed by atoms with Gasteiger partial charge in [-0.1, -0.05) is 0 Å². The molecule has 0 radical (unpaired) electrons. The summed E-state index contributed by atoms with van der Waals surface area (Å²) in [6.07, 6.45) is 3.22. The number of carbonyl (C=O) groups excluding carboxylic acids is 1. The minimum atomic E-state index is -0.294. The molecule has 1 aliphatic carbocycles. The van der Waals surface area contributed by atoms with Crippen molar-refractivity contribution in [3.8, 4) is 0 Å². The highest BCUT2D eigenvalue weighted by Crippen LogP contribution is 2.35. The first kappa shape index (κ1) is 9.77. The van der Waals surface area contributed by atoms with Gasteiger partial charge >= 0.3 is 6.09 Å². The summed E-state index contributed by atoms with van der Waals surface area (Å²) in [6, 6.07) is 0.254. The molecular weight excluding hydrogens is 182 g/mol. The topological polar surface area (TPSA) is 47.6 Å². The van der Waals surface area contributed by atoms with Crippen LogP contribution in [0.15, 0.2) is 0 Å². The van der Waals surface area contributed by atoms with Crippen LogP contribution in [0.5, 0.6) is 0 Å². The summed E-state index contributed by atoms with van der Waals surface area (Å²) in [5.74, 6) is 0.655. The largest absolute Gasteiger partial charge is 0.450 e. The van der Waals surface area contributed by atoms with E-state index < -0.39 is 0 Å². The van der Waals surface area contributed by atoms with Crippen LogP contribution in [0.2, 0.25) is 0 Å². The SMILES string of the molecule is CCOC(=O)NC1CC2CCOC2C1. The highest BCUT2D eigenvalue weighted by molar-refractivity contribution is 5.67. The lowest BCUT2D eigenvalue weighted by Crippen LogP contribution is -2.34. The molecule has 4 heteroatoms. The first-order valence-corrected chi connectivity index (χ1v) is 5.34. The average Bonchev–Trinajstić information content (AvgIpc) is 2.63.